The smallest absolute Gasteiger partial charge is 0.293 e. The first-order chi connectivity index (χ1) is 20.5. The first-order valence-corrected chi connectivity index (χ1v) is 14.0. The molecule has 224 valence electrons. The van der Waals surface area contributed by atoms with Crippen LogP contribution in [0.4, 0.5) is 21.6 Å². The predicted molar refractivity (Wildman–Crippen MR) is 167 cm³/mol. The van der Waals surface area contributed by atoms with Crippen molar-refractivity contribution in [1.29, 1.82) is 0 Å². The van der Waals surface area contributed by atoms with Gasteiger partial charge in [0.15, 0.2) is 11.6 Å². The van der Waals surface area contributed by atoms with Crippen molar-refractivity contribution in [3.05, 3.63) is 106 Å². The number of hydrogen-bond acceptors (Lipinski definition) is 6. The monoisotopic (exact) mass is 585 g/mol. The highest BCUT2D eigenvalue weighted by atomic mass is 19.1. The number of aromatic nitrogens is 2. The van der Waals surface area contributed by atoms with Crippen LogP contribution in [0.3, 0.4) is 0 Å². The summed E-state index contributed by atoms with van der Waals surface area (Å²) in [4.78, 5) is 42.5. The first-order valence-electron chi connectivity index (χ1n) is 14.0. The highest BCUT2D eigenvalue weighted by Gasteiger charge is 2.18. The average molecular weight is 586 g/mol. The number of carbonyl (C=O) groups excluding carboxylic acids is 2. The largest absolute Gasteiger partial charge is 0.380 e. The normalized spacial score (nSPS) is 11.2. The van der Waals surface area contributed by atoms with E-state index in [0.29, 0.717) is 36.6 Å². The molecule has 0 saturated carbocycles. The van der Waals surface area contributed by atoms with Gasteiger partial charge >= 0.3 is 0 Å². The van der Waals surface area contributed by atoms with Crippen molar-refractivity contribution in [2.45, 2.75) is 33.1 Å². The molecule has 0 aliphatic carbocycles. The zero-order chi connectivity index (χ0) is 31.1. The van der Waals surface area contributed by atoms with Gasteiger partial charge in [0.05, 0.1) is 18.0 Å². The van der Waals surface area contributed by atoms with Crippen LogP contribution in [0.2, 0.25) is 0 Å². The highest BCUT2D eigenvalue weighted by Crippen LogP contribution is 2.28. The maximum Gasteiger partial charge on any atom is 0.293 e. The minimum atomic E-state index is -0.682. The predicted octanol–water partition coefficient (Wildman–Crippen LogP) is 5.65. The van der Waals surface area contributed by atoms with Crippen LogP contribution < -0.4 is 21.5 Å². The van der Waals surface area contributed by atoms with E-state index in [1.54, 1.807) is 49.5 Å². The van der Waals surface area contributed by atoms with Gasteiger partial charge in [-0.25, -0.2) is 9.37 Å². The molecule has 0 fully saturated rings. The summed E-state index contributed by atoms with van der Waals surface area (Å²) in [6.45, 7) is 9.53. The van der Waals surface area contributed by atoms with Crippen LogP contribution in [0, 0.1) is 5.82 Å². The molecule has 43 heavy (non-hydrogen) atoms. The lowest BCUT2D eigenvalue weighted by molar-refractivity contribution is 0.0922. The third-order valence-electron chi connectivity index (χ3n) is 6.75. The van der Waals surface area contributed by atoms with Crippen molar-refractivity contribution in [2.75, 3.05) is 30.4 Å². The van der Waals surface area contributed by atoms with Crippen molar-refractivity contribution in [2.24, 2.45) is 7.05 Å². The molecule has 0 atom stereocenters. The standard InChI is InChI=1S/C33H36FN5O4/c1-6-43-19-18-35-30(40)21-12-16-24(17-13-21)36-29-32(42)39(5)20-27(37-29)25-8-7-9-26(28(25)34)38-31(41)22-10-14-23(15-11-22)33(2,3)4/h7-17,20H,6,18-19H2,1-5H3,(H,35,40)(H,36,37)(H,38,41). The number of nitrogens with one attached hydrogen (secondary N) is 3. The molecule has 1 aromatic heterocycles. The van der Waals surface area contributed by atoms with Crippen molar-refractivity contribution >= 4 is 29.0 Å². The maximum atomic E-state index is 15.7. The Labute approximate surface area is 250 Å². The third-order valence-corrected chi connectivity index (χ3v) is 6.75. The summed E-state index contributed by atoms with van der Waals surface area (Å²) in [7, 11) is 1.54. The van der Waals surface area contributed by atoms with Crippen LogP contribution >= 0.6 is 0 Å². The molecule has 3 N–H and O–H groups in total. The van der Waals surface area contributed by atoms with Gasteiger partial charge in [-0.1, -0.05) is 39.0 Å². The fourth-order valence-corrected chi connectivity index (χ4v) is 4.28. The lowest BCUT2D eigenvalue weighted by atomic mass is 9.87. The summed E-state index contributed by atoms with van der Waals surface area (Å²) in [5, 5.41) is 8.38. The lowest BCUT2D eigenvalue weighted by Gasteiger charge is -2.19. The molecule has 0 saturated heterocycles. The fourth-order valence-electron chi connectivity index (χ4n) is 4.28. The zero-order valence-corrected chi connectivity index (χ0v) is 25.0. The van der Waals surface area contributed by atoms with Gasteiger partial charge in [0.1, 0.15) is 0 Å². The van der Waals surface area contributed by atoms with E-state index in [-0.39, 0.29) is 34.1 Å². The number of halogens is 1. The Morgan fingerprint density at radius 3 is 2.26 bits per heavy atom. The molecule has 0 aliphatic heterocycles. The number of anilines is 3. The van der Waals surface area contributed by atoms with Gasteiger partial charge in [-0.2, -0.15) is 0 Å². The molecule has 0 spiro atoms. The van der Waals surface area contributed by atoms with Gasteiger partial charge in [-0.15, -0.1) is 0 Å². The van der Waals surface area contributed by atoms with E-state index < -0.39 is 17.3 Å². The Hall–Kier alpha value is -4.83. The second kappa shape index (κ2) is 13.4. The van der Waals surface area contributed by atoms with Crippen LogP contribution in [0.25, 0.3) is 11.3 Å². The summed E-state index contributed by atoms with van der Waals surface area (Å²) in [6.07, 6.45) is 1.43. The minimum absolute atomic E-state index is 0.0114. The SMILES string of the molecule is CCOCCNC(=O)c1ccc(Nc2nc(-c3cccc(NC(=O)c4ccc(C(C)(C)C)cc4)c3F)cn(C)c2=O)cc1. The molecule has 1 heterocycles. The Bertz CT molecular complexity index is 1660. The van der Waals surface area contributed by atoms with E-state index in [2.05, 4.69) is 41.7 Å². The third kappa shape index (κ3) is 7.72. The van der Waals surface area contributed by atoms with E-state index in [1.807, 2.05) is 19.1 Å². The van der Waals surface area contributed by atoms with E-state index in [9.17, 15) is 14.4 Å². The molecule has 0 bridgehead atoms. The van der Waals surface area contributed by atoms with E-state index in [1.165, 1.54) is 22.9 Å². The summed E-state index contributed by atoms with van der Waals surface area (Å²) >= 11 is 0. The average Bonchev–Trinajstić information content (AvgIpc) is 2.98. The fraction of sp³-hybridized carbons (Fsp3) is 0.273. The number of benzene rings is 3. The Morgan fingerprint density at radius 2 is 1.60 bits per heavy atom. The molecule has 3 aromatic carbocycles. The molecule has 9 nitrogen and oxygen atoms in total. The van der Waals surface area contributed by atoms with Gasteiger partial charge in [-0.3, -0.25) is 14.4 Å². The van der Waals surface area contributed by atoms with Gasteiger partial charge in [0.2, 0.25) is 0 Å². The van der Waals surface area contributed by atoms with Crippen molar-refractivity contribution in [3.63, 3.8) is 0 Å². The van der Waals surface area contributed by atoms with Gasteiger partial charge in [-0.05, 0) is 66.4 Å². The lowest BCUT2D eigenvalue weighted by Crippen LogP contribution is -2.27. The van der Waals surface area contributed by atoms with E-state index >= 15 is 4.39 Å². The molecular weight excluding hydrogens is 549 g/mol. The van der Waals surface area contributed by atoms with Crippen molar-refractivity contribution in [1.82, 2.24) is 14.9 Å². The summed E-state index contributed by atoms with van der Waals surface area (Å²) in [5.74, 6) is -1.40. The molecule has 0 unspecified atom stereocenters. The van der Waals surface area contributed by atoms with Crippen LogP contribution in [0.5, 0.6) is 0 Å². The molecule has 0 radical (unpaired) electrons. The minimum Gasteiger partial charge on any atom is -0.380 e. The Morgan fingerprint density at radius 1 is 0.953 bits per heavy atom. The molecule has 0 aliphatic rings. The summed E-state index contributed by atoms with van der Waals surface area (Å²) in [5.41, 5.74) is 2.25. The zero-order valence-electron chi connectivity index (χ0n) is 25.0. The summed E-state index contributed by atoms with van der Waals surface area (Å²) in [6, 6.07) is 18.3. The van der Waals surface area contributed by atoms with Gasteiger partial charge in [0, 0.05) is 48.8 Å². The molecule has 4 aromatic rings. The summed E-state index contributed by atoms with van der Waals surface area (Å²) < 4.78 is 22.2. The van der Waals surface area contributed by atoms with Crippen molar-refractivity contribution < 1.29 is 18.7 Å². The van der Waals surface area contributed by atoms with Crippen LogP contribution in [0.15, 0.2) is 77.7 Å². The maximum absolute atomic E-state index is 15.7. The highest BCUT2D eigenvalue weighted by molar-refractivity contribution is 6.04. The van der Waals surface area contributed by atoms with Gasteiger partial charge in [0.25, 0.3) is 17.4 Å². The second-order valence-electron chi connectivity index (χ2n) is 11.0. The van der Waals surface area contributed by atoms with E-state index in [4.69, 9.17) is 4.74 Å². The van der Waals surface area contributed by atoms with Crippen LogP contribution in [0.1, 0.15) is 54.0 Å². The first kappa shape index (κ1) is 31.1. The number of rotatable bonds is 10. The Balaban J connectivity index is 1.52. The Kier molecular flexibility index (Phi) is 9.72. The quantitative estimate of drug-likeness (QED) is 0.207. The molecule has 2 amide bonds. The molecule has 4 rings (SSSR count). The van der Waals surface area contributed by atoms with Crippen molar-refractivity contribution in [3.8, 4) is 11.3 Å². The molecular formula is C33H36FN5O4. The number of ether oxygens (including phenoxy) is 1. The number of hydrogen-bond donors (Lipinski definition) is 3. The van der Waals surface area contributed by atoms with Crippen LogP contribution in [-0.4, -0.2) is 41.1 Å². The number of aryl methyl sites for hydroxylation is 1. The second-order valence-corrected chi connectivity index (χ2v) is 11.0. The van der Waals surface area contributed by atoms with E-state index in [0.717, 1.165) is 5.56 Å². The number of carbonyl (C=O) groups is 2. The number of amides is 2. The van der Waals surface area contributed by atoms with Gasteiger partial charge < -0.3 is 25.3 Å². The number of nitrogens with zero attached hydrogens (tertiary/aromatic N) is 2. The molecule has 10 heteroatoms. The van der Waals surface area contributed by atoms with Crippen LogP contribution in [-0.2, 0) is 17.2 Å². The topological polar surface area (TPSA) is 114 Å².